The lowest BCUT2D eigenvalue weighted by atomic mass is 9.84. The smallest absolute Gasteiger partial charge is 0.255 e. The topological polar surface area (TPSA) is 59.2 Å². The van der Waals surface area contributed by atoms with Gasteiger partial charge in [-0.15, -0.1) is 0 Å². The summed E-state index contributed by atoms with van der Waals surface area (Å²) in [5.41, 5.74) is 0.774. The molecule has 1 aromatic heterocycles. The fourth-order valence-electron chi connectivity index (χ4n) is 1.64. The molecule has 1 atom stereocenters. The zero-order valence-corrected chi connectivity index (χ0v) is 10.2. The Morgan fingerprint density at radius 1 is 1.24 bits per heavy atom. The normalized spacial score (nSPS) is 13.6. The summed E-state index contributed by atoms with van der Waals surface area (Å²) < 4.78 is 5.02. The van der Waals surface area contributed by atoms with E-state index in [0.717, 1.165) is 5.56 Å². The zero-order valence-electron chi connectivity index (χ0n) is 10.2. The number of aliphatic hydroxyl groups is 1. The number of hydrogen-bond acceptors (Lipinski definition) is 4. The van der Waals surface area contributed by atoms with Gasteiger partial charge in [0.15, 0.2) is 5.82 Å². The first-order chi connectivity index (χ1) is 8.01. The monoisotopic (exact) mass is 232 g/mol. The SMILES string of the molecule is CC(O)c1nc(C(C)(C)c2ccccc2)no1. The van der Waals surface area contributed by atoms with E-state index in [-0.39, 0.29) is 11.3 Å². The Balaban J connectivity index is 2.37. The third kappa shape index (κ3) is 2.22. The third-order valence-corrected chi connectivity index (χ3v) is 2.85. The molecular formula is C13H16N2O2. The Kier molecular flexibility index (Phi) is 2.98. The van der Waals surface area contributed by atoms with Gasteiger partial charge in [-0.1, -0.05) is 35.5 Å². The van der Waals surface area contributed by atoms with E-state index in [1.807, 2.05) is 44.2 Å². The predicted octanol–water partition coefficient (Wildman–Crippen LogP) is 2.45. The van der Waals surface area contributed by atoms with Crippen molar-refractivity contribution < 1.29 is 9.63 Å². The van der Waals surface area contributed by atoms with Crippen molar-refractivity contribution in [3.05, 3.63) is 47.6 Å². The first-order valence-corrected chi connectivity index (χ1v) is 5.59. The second kappa shape index (κ2) is 4.30. The molecule has 1 unspecified atom stereocenters. The Labute approximate surface area is 100 Å². The molecule has 0 saturated carbocycles. The highest BCUT2D eigenvalue weighted by Crippen LogP contribution is 2.29. The number of benzene rings is 1. The number of aliphatic hydroxyl groups excluding tert-OH is 1. The van der Waals surface area contributed by atoms with Gasteiger partial charge in [-0.3, -0.25) is 0 Å². The van der Waals surface area contributed by atoms with Crippen molar-refractivity contribution in [2.75, 3.05) is 0 Å². The van der Waals surface area contributed by atoms with Gasteiger partial charge < -0.3 is 9.63 Å². The van der Waals surface area contributed by atoms with E-state index in [2.05, 4.69) is 10.1 Å². The molecule has 17 heavy (non-hydrogen) atoms. The summed E-state index contributed by atoms with van der Waals surface area (Å²) in [4.78, 5) is 4.23. The molecule has 90 valence electrons. The van der Waals surface area contributed by atoms with Gasteiger partial charge in [0, 0.05) is 0 Å². The van der Waals surface area contributed by atoms with E-state index in [9.17, 15) is 5.11 Å². The van der Waals surface area contributed by atoms with Crippen LogP contribution in [0.4, 0.5) is 0 Å². The minimum atomic E-state index is -0.733. The molecule has 1 N–H and O–H groups in total. The molecule has 0 aliphatic heterocycles. The van der Waals surface area contributed by atoms with Crippen molar-refractivity contribution in [2.45, 2.75) is 32.3 Å². The number of rotatable bonds is 3. The Bertz CT molecular complexity index is 489. The average Bonchev–Trinajstić information content (AvgIpc) is 2.80. The van der Waals surface area contributed by atoms with Gasteiger partial charge in [0.1, 0.15) is 6.10 Å². The van der Waals surface area contributed by atoms with Crippen LogP contribution < -0.4 is 0 Å². The summed E-state index contributed by atoms with van der Waals surface area (Å²) in [6.45, 7) is 5.66. The lowest BCUT2D eigenvalue weighted by Gasteiger charge is -2.20. The largest absolute Gasteiger partial charge is 0.384 e. The fourth-order valence-corrected chi connectivity index (χ4v) is 1.64. The molecule has 2 rings (SSSR count). The summed E-state index contributed by atoms with van der Waals surface area (Å²) in [6, 6.07) is 9.98. The van der Waals surface area contributed by atoms with Gasteiger partial charge >= 0.3 is 0 Å². The first kappa shape index (κ1) is 11.8. The Morgan fingerprint density at radius 3 is 2.41 bits per heavy atom. The molecule has 0 aliphatic carbocycles. The van der Waals surface area contributed by atoms with Gasteiger partial charge in [-0.25, -0.2) is 0 Å². The first-order valence-electron chi connectivity index (χ1n) is 5.59. The van der Waals surface area contributed by atoms with E-state index in [1.165, 1.54) is 0 Å². The second-order valence-electron chi connectivity index (χ2n) is 4.62. The molecule has 0 radical (unpaired) electrons. The van der Waals surface area contributed by atoms with E-state index in [0.29, 0.717) is 5.82 Å². The van der Waals surface area contributed by atoms with Crippen LogP contribution in [-0.4, -0.2) is 15.2 Å². The predicted molar refractivity (Wildman–Crippen MR) is 63.5 cm³/mol. The average molecular weight is 232 g/mol. The van der Waals surface area contributed by atoms with E-state index >= 15 is 0 Å². The molecule has 1 heterocycles. The third-order valence-electron chi connectivity index (χ3n) is 2.85. The van der Waals surface area contributed by atoms with Crippen LogP contribution in [0.5, 0.6) is 0 Å². The fraction of sp³-hybridized carbons (Fsp3) is 0.385. The molecule has 4 nitrogen and oxygen atoms in total. The van der Waals surface area contributed by atoms with Crippen molar-refractivity contribution in [3.63, 3.8) is 0 Å². The second-order valence-corrected chi connectivity index (χ2v) is 4.62. The molecule has 4 heteroatoms. The van der Waals surface area contributed by atoms with Crippen LogP contribution in [0.3, 0.4) is 0 Å². The van der Waals surface area contributed by atoms with Crippen LogP contribution in [0.2, 0.25) is 0 Å². The summed E-state index contributed by atoms with van der Waals surface area (Å²) in [5, 5.41) is 13.3. The van der Waals surface area contributed by atoms with Gasteiger partial charge in [-0.05, 0) is 26.3 Å². The highest BCUT2D eigenvalue weighted by molar-refractivity contribution is 5.30. The van der Waals surface area contributed by atoms with E-state index in [1.54, 1.807) is 6.92 Å². The maximum absolute atomic E-state index is 9.38. The number of hydrogen-bond donors (Lipinski definition) is 1. The van der Waals surface area contributed by atoms with E-state index in [4.69, 9.17) is 4.52 Å². The highest BCUT2D eigenvalue weighted by atomic mass is 16.5. The lowest BCUT2D eigenvalue weighted by molar-refractivity contribution is 0.151. The zero-order chi connectivity index (χ0) is 12.5. The maximum Gasteiger partial charge on any atom is 0.255 e. The molecule has 0 bridgehead atoms. The minimum absolute atomic E-state index is 0.254. The van der Waals surface area contributed by atoms with Crippen molar-refractivity contribution in [1.82, 2.24) is 10.1 Å². The quantitative estimate of drug-likeness (QED) is 0.883. The molecule has 2 aromatic rings. The van der Waals surface area contributed by atoms with Crippen molar-refractivity contribution >= 4 is 0 Å². The number of nitrogens with zero attached hydrogens (tertiary/aromatic N) is 2. The van der Waals surface area contributed by atoms with Gasteiger partial charge in [0.05, 0.1) is 5.41 Å². The summed E-state index contributed by atoms with van der Waals surface area (Å²) >= 11 is 0. The molecule has 0 fully saturated rings. The molecule has 1 aromatic carbocycles. The van der Waals surface area contributed by atoms with Crippen molar-refractivity contribution in [1.29, 1.82) is 0 Å². The summed E-state index contributed by atoms with van der Waals surface area (Å²) in [7, 11) is 0. The van der Waals surface area contributed by atoms with Gasteiger partial charge in [0.2, 0.25) is 0 Å². The summed E-state index contributed by atoms with van der Waals surface area (Å²) in [6.07, 6.45) is -0.733. The van der Waals surface area contributed by atoms with Crippen LogP contribution >= 0.6 is 0 Å². The van der Waals surface area contributed by atoms with Crippen molar-refractivity contribution in [3.8, 4) is 0 Å². The Morgan fingerprint density at radius 2 is 1.88 bits per heavy atom. The lowest BCUT2D eigenvalue weighted by Crippen LogP contribution is -2.20. The van der Waals surface area contributed by atoms with Crippen LogP contribution in [0, 0.1) is 0 Å². The van der Waals surface area contributed by atoms with Crippen molar-refractivity contribution in [2.24, 2.45) is 0 Å². The highest BCUT2D eigenvalue weighted by Gasteiger charge is 2.29. The minimum Gasteiger partial charge on any atom is -0.384 e. The van der Waals surface area contributed by atoms with Gasteiger partial charge in [0.25, 0.3) is 5.89 Å². The summed E-state index contributed by atoms with van der Waals surface area (Å²) in [5.74, 6) is 0.837. The Hall–Kier alpha value is -1.68. The molecule has 0 saturated heterocycles. The molecule has 0 spiro atoms. The molecule has 0 aliphatic rings. The van der Waals surface area contributed by atoms with E-state index < -0.39 is 6.10 Å². The van der Waals surface area contributed by atoms with Gasteiger partial charge in [-0.2, -0.15) is 4.98 Å². The molecular weight excluding hydrogens is 216 g/mol. The number of aromatic nitrogens is 2. The standard InChI is InChI=1S/C13H16N2O2/c1-9(16)11-14-12(15-17-11)13(2,3)10-7-5-4-6-8-10/h4-9,16H,1-3H3. The van der Waals surface area contributed by atoms with Crippen LogP contribution in [0.15, 0.2) is 34.9 Å². The van der Waals surface area contributed by atoms with Crippen LogP contribution in [0.1, 0.15) is 44.2 Å². The molecule has 0 amide bonds. The van der Waals surface area contributed by atoms with Crippen LogP contribution in [0.25, 0.3) is 0 Å². The maximum atomic E-state index is 9.38. The van der Waals surface area contributed by atoms with Crippen LogP contribution in [-0.2, 0) is 5.41 Å².